The summed E-state index contributed by atoms with van der Waals surface area (Å²) < 4.78 is 5.74. The lowest BCUT2D eigenvalue weighted by Gasteiger charge is -2.38. The van der Waals surface area contributed by atoms with Crippen LogP contribution >= 0.6 is 0 Å². The van der Waals surface area contributed by atoms with Crippen LogP contribution < -0.4 is 0 Å². The molecule has 18 heavy (non-hydrogen) atoms. The van der Waals surface area contributed by atoms with Crippen LogP contribution in [-0.2, 0) is 9.53 Å². The van der Waals surface area contributed by atoms with Gasteiger partial charge in [-0.2, -0.15) is 0 Å². The molecule has 0 aromatic heterocycles. The molecule has 4 aliphatic rings. The van der Waals surface area contributed by atoms with Gasteiger partial charge in [-0.05, 0) is 19.4 Å². The van der Waals surface area contributed by atoms with Crippen molar-refractivity contribution < 1.29 is 9.53 Å². The first-order valence-corrected chi connectivity index (χ1v) is 6.64. The van der Waals surface area contributed by atoms with E-state index in [1.165, 1.54) is 12.8 Å². The number of hydrogen-bond acceptors (Lipinski definition) is 3. The molecule has 4 rings (SSSR count). The summed E-state index contributed by atoms with van der Waals surface area (Å²) in [6, 6.07) is 0.681. The highest BCUT2D eigenvalue weighted by Crippen LogP contribution is 2.53. The number of rotatable bonds is 0. The molecule has 1 spiro atoms. The van der Waals surface area contributed by atoms with Crippen LogP contribution in [0.4, 0.5) is 0 Å². The van der Waals surface area contributed by atoms with Gasteiger partial charge in [0.15, 0.2) is 5.60 Å². The van der Waals surface area contributed by atoms with Gasteiger partial charge in [0.1, 0.15) is 0 Å². The number of esters is 1. The number of terminal acetylenes is 1. The molecule has 0 aromatic carbocycles. The SMILES string of the molecule is C#CC1=C[C@@H]2C[C@@]3(OC(=O)C=C13)[C@H]1CCCCN21. The van der Waals surface area contributed by atoms with Crippen LogP contribution in [0.25, 0.3) is 0 Å². The maximum atomic E-state index is 11.7. The number of nitrogens with zero attached hydrogens (tertiary/aromatic N) is 1. The Morgan fingerprint density at radius 2 is 2.39 bits per heavy atom. The minimum Gasteiger partial charge on any atom is -0.449 e. The lowest BCUT2D eigenvalue weighted by Crippen LogP contribution is -2.48. The second-order valence-electron chi connectivity index (χ2n) is 5.61. The van der Waals surface area contributed by atoms with Gasteiger partial charge in [0, 0.05) is 29.7 Å². The third-order valence-corrected chi connectivity index (χ3v) is 4.83. The van der Waals surface area contributed by atoms with Gasteiger partial charge < -0.3 is 4.74 Å². The Morgan fingerprint density at radius 3 is 3.22 bits per heavy atom. The Kier molecular flexibility index (Phi) is 1.89. The highest BCUT2D eigenvalue weighted by Gasteiger charge is 2.61. The van der Waals surface area contributed by atoms with E-state index in [1.807, 2.05) is 0 Å². The minimum absolute atomic E-state index is 0.223. The molecule has 0 radical (unpaired) electrons. The molecule has 3 aliphatic heterocycles. The van der Waals surface area contributed by atoms with Crippen LogP contribution in [0.1, 0.15) is 25.7 Å². The molecule has 2 saturated heterocycles. The zero-order valence-electron chi connectivity index (χ0n) is 10.2. The van der Waals surface area contributed by atoms with Gasteiger partial charge in [0.05, 0.1) is 6.04 Å². The van der Waals surface area contributed by atoms with E-state index in [0.29, 0.717) is 12.1 Å². The number of ether oxygens (including phenoxy) is 1. The standard InChI is InChI=1S/C15H15NO2/c1-2-10-7-11-9-15(12(10)8-14(17)18-15)13-5-3-4-6-16(11)13/h1,7-8,11,13H,3-6,9H2/t11-,13-,15+/m1/s1. The number of fused-ring (bicyclic) bond motifs is 3. The van der Waals surface area contributed by atoms with E-state index >= 15 is 0 Å². The summed E-state index contributed by atoms with van der Waals surface area (Å²) in [7, 11) is 0. The normalized spacial score (nSPS) is 41.4. The van der Waals surface area contributed by atoms with Crippen LogP contribution in [0, 0.1) is 12.3 Å². The monoisotopic (exact) mass is 241 g/mol. The van der Waals surface area contributed by atoms with Crippen molar-refractivity contribution in [3.8, 4) is 12.3 Å². The van der Waals surface area contributed by atoms with E-state index in [2.05, 4.69) is 16.9 Å². The molecule has 0 saturated carbocycles. The predicted octanol–water partition coefficient (Wildman–Crippen LogP) is 1.41. The first-order valence-electron chi connectivity index (χ1n) is 6.64. The fraction of sp³-hybridized carbons (Fsp3) is 0.533. The Balaban J connectivity index is 1.89. The van der Waals surface area contributed by atoms with Crippen molar-refractivity contribution in [1.29, 1.82) is 0 Å². The van der Waals surface area contributed by atoms with Crippen molar-refractivity contribution >= 4 is 5.97 Å². The quantitative estimate of drug-likeness (QED) is 0.474. The molecule has 3 heteroatoms. The molecule has 2 bridgehead atoms. The average molecular weight is 241 g/mol. The maximum Gasteiger partial charge on any atom is 0.332 e. The van der Waals surface area contributed by atoms with Crippen LogP contribution in [-0.4, -0.2) is 35.1 Å². The first-order chi connectivity index (χ1) is 8.74. The summed E-state index contributed by atoms with van der Waals surface area (Å²) in [4.78, 5) is 14.2. The van der Waals surface area contributed by atoms with Gasteiger partial charge in [0.2, 0.25) is 0 Å². The summed E-state index contributed by atoms with van der Waals surface area (Å²) in [6.45, 7) is 1.09. The van der Waals surface area contributed by atoms with Gasteiger partial charge >= 0.3 is 5.97 Å². The fourth-order valence-electron chi connectivity index (χ4n) is 4.19. The molecule has 0 aromatic rings. The number of carbonyl (C=O) groups is 1. The molecule has 2 fully saturated rings. The van der Waals surface area contributed by atoms with Gasteiger partial charge in [-0.1, -0.05) is 18.4 Å². The zero-order valence-corrected chi connectivity index (χ0v) is 10.2. The average Bonchev–Trinajstić information content (AvgIpc) is 2.86. The fourth-order valence-corrected chi connectivity index (χ4v) is 4.19. The van der Waals surface area contributed by atoms with Crippen molar-refractivity contribution in [2.45, 2.75) is 43.4 Å². The number of piperidine rings is 1. The van der Waals surface area contributed by atoms with E-state index < -0.39 is 5.60 Å². The largest absolute Gasteiger partial charge is 0.449 e. The van der Waals surface area contributed by atoms with Crippen LogP contribution in [0.3, 0.4) is 0 Å². The van der Waals surface area contributed by atoms with Crippen molar-refractivity contribution in [3.05, 3.63) is 23.3 Å². The van der Waals surface area contributed by atoms with Crippen LogP contribution in [0.5, 0.6) is 0 Å². The van der Waals surface area contributed by atoms with Gasteiger partial charge in [0.25, 0.3) is 0 Å². The highest BCUT2D eigenvalue weighted by molar-refractivity contribution is 5.90. The van der Waals surface area contributed by atoms with E-state index in [4.69, 9.17) is 11.2 Å². The van der Waals surface area contributed by atoms with E-state index in [9.17, 15) is 4.79 Å². The minimum atomic E-state index is -0.432. The summed E-state index contributed by atoms with van der Waals surface area (Å²) >= 11 is 0. The lowest BCUT2D eigenvalue weighted by molar-refractivity contribution is -0.148. The van der Waals surface area contributed by atoms with Crippen LogP contribution in [0.15, 0.2) is 23.3 Å². The zero-order chi connectivity index (χ0) is 12.3. The van der Waals surface area contributed by atoms with E-state index in [-0.39, 0.29) is 5.97 Å². The number of carbonyl (C=O) groups excluding carboxylic acids is 1. The summed E-state index contributed by atoms with van der Waals surface area (Å²) in [6.07, 6.45) is 13.8. The molecule has 1 aliphatic carbocycles. The molecule has 3 nitrogen and oxygen atoms in total. The van der Waals surface area contributed by atoms with Gasteiger partial charge in [-0.15, -0.1) is 6.42 Å². The summed E-state index contributed by atoms with van der Waals surface area (Å²) in [5.41, 5.74) is 1.39. The van der Waals surface area contributed by atoms with Crippen molar-refractivity contribution in [1.82, 2.24) is 4.90 Å². The van der Waals surface area contributed by atoms with Crippen LogP contribution in [0.2, 0.25) is 0 Å². The molecule has 3 heterocycles. The summed E-state index contributed by atoms with van der Waals surface area (Å²) in [5.74, 6) is 2.51. The third-order valence-electron chi connectivity index (χ3n) is 4.83. The highest BCUT2D eigenvalue weighted by atomic mass is 16.6. The second-order valence-corrected chi connectivity index (χ2v) is 5.61. The number of hydrogen-bond donors (Lipinski definition) is 0. The van der Waals surface area contributed by atoms with Crippen molar-refractivity contribution in [2.24, 2.45) is 0 Å². The third kappa shape index (κ3) is 1.07. The summed E-state index contributed by atoms with van der Waals surface area (Å²) in [5, 5.41) is 0. The van der Waals surface area contributed by atoms with Gasteiger partial charge in [-0.25, -0.2) is 4.79 Å². The molecule has 92 valence electrons. The smallest absolute Gasteiger partial charge is 0.332 e. The Bertz CT molecular complexity index is 539. The Labute approximate surface area is 106 Å². The molecular weight excluding hydrogens is 226 g/mol. The van der Waals surface area contributed by atoms with E-state index in [0.717, 1.165) is 30.5 Å². The van der Waals surface area contributed by atoms with E-state index in [1.54, 1.807) is 6.08 Å². The molecule has 0 amide bonds. The lowest BCUT2D eigenvalue weighted by atomic mass is 9.77. The maximum absolute atomic E-state index is 11.7. The molecular formula is C15H15NO2. The Morgan fingerprint density at radius 1 is 1.50 bits per heavy atom. The van der Waals surface area contributed by atoms with Crippen molar-refractivity contribution in [2.75, 3.05) is 6.54 Å². The molecule has 3 atom stereocenters. The molecule has 0 N–H and O–H groups in total. The Hall–Kier alpha value is -1.53. The van der Waals surface area contributed by atoms with Crippen molar-refractivity contribution in [3.63, 3.8) is 0 Å². The predicted molar refractivity (Wildman–Crippen MR) is 66.6 cm³/mol. The van der Waals surface area contributed by atoms with Gasteiger partial charge in [-0.3, -0.25) is 4.90 Å². The second kappa shape index (κ2) is 3.27. The molecule has 0 unspecified atom stereocenters. The topological polar surface area (TPSA) is 29.5 Å². The first kappa shape index (κ1) is 10.4.